The molecule has 0 bridgehead atoms. The van der Waals surface area contributed by atoms with Gasteiger partial charge in [0.1, 0.15) is 18.8 Å². The molecule has 3 N–H and O–H groups in total. The second kappa shape index (κ2) is 50.9. The molecule has 75 heavy (non-hydrogen) atoms. The van der Waals surface area contributed by atoms with Crippen LogP contribution in [0.2, 0.25) is 0 Å². The second-order valence-corrected chi connectivity index (χ2v) is 20.3. The van der Waals surface area contributed by atoms with Gasteiger partial charge >= 0.3 is 23.9 Å². The first-order chi connectivity index (χ1) is 36.6. The molecule has 0 spiro atoms. The normalized spacial score (nSPS) is 18.7. The molecular weight excluding hydrogens is 949 g/mol. The van der Waals surface area contributed by atoms with Crippen molar-refractivity contribution in [1.82, 2.24) is 0 Å². The summed E-state index contributed by atoms with van der Waals surface area (Å²) in [5.41, 5.74) is 0. The lowest BCUT2D eigenvalue weighted by Crippen LogP contribution is -2.61. The lowest BCUT2D eigenvalue weighted by molar-refractivity contribution is -0.301. The van der Waals surface area contributed by atoms with Crippen molar-refractivity contribution in [2.45, 2.75) is 289 Å². The lowest BCUT2D eigenvalue weighted by atomic mass is 9.98. The number of carbonyl (C=O) groups is 4. The van der Waals surface area contributed by atoms with Crippen molar-refractivity contribution in [3.8, 4) is 0 Å². The molecule has 12 heteroatoms. The predicted molar refractivity (Wildman–Crippen MR) is 303 cm³/mol. The van der Waals surface area contributed by atoms with Crippen molar-refractivity contribution < 1.29 is 58.2 Å². The number of rotatable bonds is 50. The molecule has 0 aliphatic carbocycles. The fourth-order valence-electron chi connectivity index (χ4n) is 8.69. The summed E-state index contributed by atoms with van der Waals surface area (Å²) in [6.07, 6.45) is 51.6. The number of aliphatic hydroxyl groups excluding tert-OH is 2. The van der Waals surface area contributed by atoms with E-state index in [4.69, 9.17) is 23.7 Å². The first-order valence-electron chi connectivity index (χ1n) is 29.9. The summed E-state index contributed by atoms with van der Waals surface area (Å²) in [6, 6.07) is 0. The van der Waals surface area contributed by atoms with Crippen molar-refractivity contribution in [3.63, 3.8) is 0 Å². The number of allylic oxidation sites excluding steroid dienone is 12. The van der Waals surface area contributed by atoms with Gasteiger partial charge in [-0.15, -0.1) is 0 Å². The van der Waals surface area contributed by atoms with E-state index in [-0.39, 0.29) is 25.9 Å². The molecule has 1 aliphatic heterocycles. The summed E-state index contributed by atoms with van der Waals surface area (Å²) in [5.74, 6) is -3.19. The van der Waals surface area contributed by atoms with E-state index < -0.39 is 67.3 Å². The molecule has 6 atom stereocenters. The summed E-state index contributed by atoms with van der Waals surface area (Å²) in [6.45, 7) is 5.78. The van der Waals surface area contributed by atoms with Crippen LogP contribution >= 0.6 is 0 Å². The molecule has 0 radical (unpaired) electrons. The van der Waals surface area contributed by atoms with E-state index >= 15 is 0 Å². The van der Waals surface area contributed by atoms with Gasteiger partial charge in [-0.3, -0.25) is 14.4 Å². The molecule has 0 aromatic heterocycles. The predicted octanol–water partition coefficient (Wildman–Crippen LogP) is 15.3. The molecule has 1 saturated heterocycles. The minimum absolute atomic E-state index is 0.0380. The largest absolute Gasteiger partial charge is 0.479 e. The zero-order valence-electron chi connectivity index (χ0n) is 47.3. The van der Waals surface area contributed by atoms with Gasteiger partial charge in [0, 0.05) is 19.3 Å². The Hall–Kier alpha value is -3.84. The molecule has 1 aliphatic rings. The molecule has 1 rings (SSSR count). The monoisotopic (exact) mass is 1050 g/mol. The van der Waals surface area contributed by atoms with Gasteiger partial charge in [-0.1, -0.05) is 222 Å². The molecule has 1 fully saturated rings. The minimum atomic E-state index is -1.91. The number of carboxylic acids is 1. The van der Waals surface area contributed by atoms with Gasteiger partial charge in [0.05, 0.1) is 6.61 Å². The number of hydrogen-bond acceptors (Lipinski definition) is 11. The van der Waals surface area contributed by atoms with Crippen LogP contribution in [-0.2, 0) is 42.9 Å². The molecule has 1 heterocycles. The van der Waals surface area contributed by atoms with E-state index in [1.165, 1.54) is 83.5 Å². The first-order valence-corrected chi connectivity index (χ1v) is 29.9. The molecule has 0 aromatic rings. The maximum atomic E-state index is 13.1. The van der Waals surface area contributed by atoms with E-state index in [1.807, 2.05) is 0 Å². The van der Waals surface area contributed by atoms with Crippen LogP contribution in [0.3, 0.4) is 0 Å². The summed E-state index contributed by atoms with van der Waals surface area (Å²) >= 11 is 0. The summed E-state index contributed by atoms with van der Waals surface area (Å²) < 4.78 is 28.4. The SMILES string of the molecule is CC/C=C\C/C=C\C/C=C\C/C=C\CCCCC(=O)OC(COC(=O)CCCCCCCCCCCCCCCCCCC)COC1OC(C(=O)O)C(O)C(O)C1OC(=O)CCCCCCC/C=C\C/C=C\CCC. The Labute approximate surface area is 455 Å². The molecule has 12 nitrogen and oxygen atoms in total. The number of carbonyl (C=O) groups excluding carboxylic acids is 3. The topological polar surface area (TPSA) is 175 Å². The van der Waals surface area contributed by atoms with E-state index in [0.717, 1.165) is 109 Å². The fourth-order valence-corrected chi connectivity index (χ4v) is 8.69. The van der Waals surface area contributed by atoms with Crippen molar-refractivity contribution in [2.24, 2.45) is 0 Å². The average molecular weight is 1060 g/mol. The molecule has 430 valence electrons. The van der Waals surface area contributed by atoms with Gasteiger partial charge in [-0.05, 0) is 83.5 Å². The maximum absolute atomic E-state index is 13.1. The van der Waals surface area contributed by atoms with Crippen LogP contribution in [0, 0.1) is 0 Å². The van der Waals surface area contributed by atoms with Gasteiger partial charge in [0.2, 0.25) is 0 Å². The Morgan fingerprint density at radius 1 is 0.453 bits per heavy atom. The average Bonchev–Trinajstić information content (AvgIpc) is 3.39. The van der Waals surface area contributed by atoms with Gasteiger partial charge in [-0.25, -0.2) is 4.79 Å². The van der Waals surface area contributed by atoms with Gasteiger partial charge in [0.15, 0.2) is 24.6 Å². The van der Waals surface area contributed by atoms with Crippen LogP contribution in [-0.4, -0.2) is 89.2 Å². The molecule has 0 saturated carbocycles. The van der Waals surface area contributed by atoms with Crippen LogP contribution < -0.4 is 0 Å². The van der Waals surface area contributed by atoms with Crippen LogP contribution in [0.15, 0.2) is 72.9 Å². The Morgan fingerprint density at radius 3 is 1.36 bits per heavy atom. The summed E-state index contributed by atoms with van der Waals surface area (Å²) in [4.78, 5) is 51.1. The highest BCUT2D eigenvalue weighted by Crippen LogP contribution is 2.26. The number of aliphatic hydroxyl groups is 2. The number of esters is 3. The van der Waals surface area contributed by atoms with Crippen molar-refractivity contribution >= 4 is 23.9 Å². The first kappa shape index (κ1) is 69.2. The number of unbranched alkanes of at least 4 members (excludes halogenated alkanes) is 24. The third-order valence-corrected chi connectivity index (χ3v) is 13.2. The summed E-state index contributed by atoms with van der Waals surface area (Å²) in [7, 11) is 0. The van der Waals surface area contributed by atoms with Crippen LogP contribution in [0.25, 0.3) is 0 Å². The summed E-state index contributed by atoms with van der Waals surface area (Å²) in [5, 5.41) is 31.5. The van der Waals surface area contributed by atoms with E-state index in [9.17, 15) is 34.5 Å². The number of aliphatic carboxylic acids is 1. The third kappa shape index (κ3) is 41.0. The van der Waals surface area contributed by atoms with E-state index in [2.05, 4.69) is 93.7 Å². The molecule has 0 aromatic carbocycles. The Kier molecular flexibility index (Phi) is 47.0. The van der Waals surface area contributed by atoms with Crippen LogP contribution in [0.5, 0.6) is 0 Å². The Balaban J connectivity index is 2.71. The fraction of sp³-hybridized carbons (Fsp3) is 0.746. The standard InChI is InChI=1S/C63H106O12/c1-4-7-10-13-16-19-22-25-27-28-30-32-34-37-40-43-46-49-55(64)71-52-54(73-56(65)50-47-44-41-38-36-33-29-26-23-20-17-14-11-8-5-2)53-72-63-61(59(68)58(67)60(75-63)62(69)70)74-57(66)51-48-45-42-39-35-31-24-21-18-15-12-9-6-3/h8,11-12,15,17,20-21,24,26,29,36,38,54,58-61,63,67-68H,4-7,9-10,13-14,16,18-19,22-23,25,27-28,30-35,37,39-53H2,1-3H3,(H,69,70)/b11-8-,15-12-,20-17-,24-21-,29-26-,38-36-. The third-order valence-electron chi connectivity index (χ3n) is 13.2. The Morgan fingerprint density at radius 2 is 0.867 bits per heavy atom. The zero-order chi connectivity index (χ0) is 54.7. The highest BCUT2D eigenvalue weighted by Gasteiger charge is 2.50. The molecular formula is C63H106O12. The van der Waals surface area contributed by atoms with E-state index in [0.29, 0.717) is 19.3 Å². The highest BCUT2D eigenvalue weighted by molar-refractivity contribution is 5.74. The highest BCUT2D eigenvalue weighted by atomic mass is 16.7. The Bertz CT molecular complexity index is 1580. The molecule has 6 unspecified atom stereocenters. The second-order valence-electron chi connectivity index (χ2n) is 20.3. The van der Waals surface area contributed by atoms with Gasteiger partial charge in [0.25, 0.3) is 0 Å². The lowest BCUT2D eigenvalue weighted by Gasteiger charge is -2.40. The smallest absolute Gasteiger partial charge is 0.335 e. The quantitative estimate of drug-likeness (QED) is 0.0228. The van der Waals surface area contributed by atoms with Crippen LogP contribution in [0.1, 0.15) is 252 Å². The van der Waals surface area contributed by atoms with E-state index in [1.54, 1.807) is 0 Å². The zero-order valence-corrected chi connectivity index (χ0v) is 47.3. The number of carboxylic acid groups (broad SMARTS) is 1. The van der Waals surface area contributed by atoms with Crippen molar-refractivity contribution in [1.29, 1.82) is 0 Å². The minimum Gasteiger partial charge on any atom is -0.479 e. The van der Waals surface area contributed by atoms with Crippen LogP contribution in [0.4, 0.5) is 0 Å². The van der Waals surface area contributed by atoms with Gasteiger partial charge < -0.3 is 39.0 Å². The number of ether oxygens (including phenoxy) is 5. The van der Waals surface area contributed by atoms with Crippen molar-refractivity contribution in [3.05, 3.63) is 72.9 Å². The number of hydrogen-bond donors (Lipinski definition) is 3. The maximum Gasteiger partial charge on any atom is 0.335 e. The van der Waals surface area contributed by atoms with Gasteiger partial charge in [-0.2, -0.15) is 0 Å². The molecule has 0 amide bonds. The van der Waals surface area contributed by atoms with Crippen molar-refractivity contribution in [2.75, 3.05) is 13.2 Å².